The smallest absolute Gasteiger partial charge is 0.125 e. The van der Waals surface area contributed by atoms with Crippen molar-refractivity contribution in [2.24, 2.45) is 0 Å². The lowest BCUT2D eigenvalue weighted by atomic mass is 10.1. The first-order valence-electron chi connectivity index (χ1n) is 3.83. The SMILES string of the molecule is C=CC(O)c1cc(Br)ccc1OC. The highest BCUT2D eigenvalue weighted by atomic mass is 79.9. The number of aliphatic hydroxyl groups is 1. The van der Waals surface area contributed by atoms with Crippen molar-refractivity contribution in [3.8, 4) is 5.75 Å². The van der Waals surface area contributed by atoms with Crippen molar-refractivity contribution in [2.45, 2.75) is 6.10 Å². The Morgan fingerprint density at radius 1 is 1.62 bits per heavy atom. The summed E-state index contributed by atoms with van der Waals surface area (Å²) < 4.78 is 6.00. The van der Waals surface area contributed by atoms with Gasteiger partial charge in [-0.2, -0.15) is 0 Å². The molecule has 13 heavy (non-hydrogen) atoms. The molecule has 0 aromatic heterocycles. The van der Waals surface area contributed by atoms with Crippen molar-refractivity contribution >= 4 is 15.9 Å². The topological polar surface area (TPSA) is 29.5 Å². The van der Waals surface area contributed by atoms with Gasteiger partial charge in [0.15, 0.2) is 0 Å². The van der Waals surface area contributed by atoms with Gasteiger partial charge in [0.05, 0.1) is 7.11 Å². The fraction of sp³-hybridized carbons (Fsp3) is 0.200. The summed E-state index contributed by atoms with van der Waals surface area (Å²) in [6.45, 7) is 3.52. The van der Waals surface area contributed by atoms with Gasteiger partial charge in [0.2, 0.25) is 0 Å². The highest BCUT2D eigenvalue weighted by Gasteiger charge is 2.09. The van der Waals surface area contributed by atoms with Crippen LogP contribution in [0.15, 0.2) is 35.3 Å². The maximum absolute atomic E-state index is 9.55. The van der Waals surface area contributed by atoms with E-state index in [2.05, 4.69) is 22.5 Å². The number of hydrogen-bond donors (Lipinski definition) is 1. The second-order valence-electron chi connectivity index (χ2n) is 2.57. The van der Waals surface area contributed by atoms with Gasteiger partial charge in [-0.05, 0) is 18.2 Å². The molecule has 1 unspecified atom stereocenters. The first-order valence-corrected chi connectivity index (χ1v) is 4.62. The predicted octanol–water partition coefficient (Wildman–Crippen LogP) is 2.68. The van der Waals surface area contributed by atoms with E-state index in [0.717, 1.165) is 4.47 Å². The molecule has 3 heteroatoms. The first-order chi connectivity index (χ1) is 6.19. The molecule has 0 fully saturated rings. The van der Waals surface area contributed by atoms with Crippen molar-refractivity contribution in [1.82, 2.24) is 0 Å². The van der Waals surface area contributed by atoms with Crippen LogP contribution in [0.1, 0.15) is 11.7 Å². The molecule has 0 bridgehead atoms. The van der Waals surface area contributed by atoms with Crippen LogP contribution in [0.3, 0.4) is 0 Å². The van der Waals surface area contributed by atoms with Gasteiger partial charge in [0.1, 0.15) is 11.9 Å². The third-order valence-corrected chi connectivity index (χ3v) is 2.23. The highest BCUT2D eigenvalue weighted by Crippen LogP contribution is 2.28. The van der Waals surface area contributed by atoms with Gasteiger partial charge in [0.25, 0.3) is 0 Å². The molecule has 1 atom stereocenters. The zero-order valence-electron chi connectivity index (χ0n) is 7.33. The largest absolute Gasteiger partial charge is 0.496 e. The molecule has 1 N–H and O–H groups in total. The Morgan fingerprint density at radius 2 is 2.31 bits per heavy atom. The second-order valence-corrected chi connectivity index (χ2v) is 3.48. The Hall–Kier alpha value is -0.800. The van der Waals surface area contributed by atoms with E-state index >= 15 is 0 Å². The molecule has 0 spiro atoms. The van der Waals surface area contributed by atoms with Crippen LogP contribution in [0.5, 0.6) is 5.75 Å². The minimum absolute atomic E-state index is 0.663. The third-order valence-electron chi connectivity index (χ3n) is 1.73. The quantitative estimate of drug-likeness (QED) is 0.827. The van der Waals surface area contributed by atoms with E-state index in [9.17, 15) is 5.11 Å². The van der Waals surface area contributed by atoms with Crippen molar-refractivity contribution in [3.05, 3.63) is 40.9 Å². The Labute approximate surface area is 86.0 Å². The lowest BCUT2D eigenvalue weighted by Gasteiger charge is -2.11. The molecule has 0 amide bonds. The number of ether oxygens (including phenoxy) is 1. The van der Waals surface area contributed by atoms with Gasteiger partial charge in [0, 0.05) is 10.0 Å². The van der Waals surface area contributed by atoms with E-state index in [0.29, 0.717) is 11.3 Å². The maximum Gasteiger partial charge on any atom is 0.125 e. The molecule has 0 heterocycles. The molecule has 0 saturated carbocycles. The molecule has 0 aliphatic carbocycles. The minimum atomic E-state index is -0.688. The van der Waals surface area contributed by atoms with Gasteiger partial charge in [-0.25, -0.2) is 0 Å². The van der Waals surface area contributed by atoms with Crippen LogP contribution < -0.4 is 4.74 Å². The van der Waals surface area contributed by atoms with E-state index in [1.807, 2.05) is 12.1 Å². The molecule has 0 aliphatic rings. The lowest BCUT2D eigenvalue weighted by molar-refractivity contribution is 0.223. The fourth-order valence-electron chi connectivity index (χ4n) is 1.06. The van der Waals surface area contributed by atoms with Crippen LogP contribution in [-0.2, 0) is 0 Å². The monoisotopic (exact) mass is 242 g/mol. The van der Waals surface area contributed by atoms with Crippen LogP contribution in [0, 0.1) is 0 Å². The Morgan fingerprint density at radius 3 is 2.85 bits per heavy atom. The molecular weight excluding hydrogens is 232 g/mol. The van der Waals surface area contributed by atoms with Crippen LogP contribution in [0.4, 0.5) is 0 Å². The van der Waals surface area contributed by atoms with Gasteiger partial charge in [-0.1, -0.05) is 22.0 Å². The molecular formula is C10H11BrO2. The number of methoxy groups -OCH3 is 1. The summed E-state index contributed by atoms with van der Waals surface area (Å²) in [7, 11) is 1.57. The third kappa shape index (κ3) is 2.32. The van der Waals surface area contributed by atoms with Crippen LogP contribution in [0.25, 0.3) is 0 Å². The first kappa shape index (κ1) is 10.3. The zero-order valence-corrected chi connectivity index (χ0v) is 8.91. The molecule has 1 aromatic carbocycles. The van der Waals surface area contributed by atoms with Crippen molar-refractivity contribution in [3.63, 3.8) is 0 Å². The number of hydrogen-bond acceptors (Lipinski definition) is 2. The van der Waals surface area contributed by atoms with Crippen molar-refractivity contribution in [2.75, 3.05) is 7.11 Å². The van der Waals surface area contributed by atoms with E-state index in [1.54, 1.807) is 13.2 Å². The second kappa shape index (κ2) is 4.44. The van der Waals surface area contributed by atoms with Gasteiger partial charge < -0.3 is 9.84 Å². The van der Waals surface area contributed by atoms with Crippen LogP contribution >= 0.6 is 15.9 Å². The molecule has 0 saturated heterocycles. The molecule has 2 nitrogen and oxygen atoms in total. The Balaban J connectivity index is 3.14. The summed E-state index contributed by atoms with van der Waals surface area (Å²) in [5.74, 6) is 0.663. The van der Waals surface area contributed by atoms with Gasteiger partial charge >= 0.3 is 0 Å². The number of halogens is 1. The van der Waals surface area contributed by atoms with E-state index in [1.165, 1.54) is 6.08 Å². The van der Waals surface area contributed by atoms with Gasteiger partial charge in [-0.15, -0.1) is 6.58 Å². The highest BCUT2D eigenvalue weighted by molar-refractivity contribution is 9.10. The average molecular weight is 243 g/mol. The molecule has 0 aliphatic heterocycles. The van der Waals surface area contributed by atoms with Crippen molar-refractivity contribution in [1.29, 1.82) is 0 Å². The molecule has 70 valence electrons. The van der Waals surface area contributed by atoms with E-state index in [-0.39, 0.29) is 0 Å². The standard InChI is InChI=1S/C10H11BrO2/c1-3-9(12)8-6-7(11)4-5-10(8)13-2/h3-6,9,12H,1H2,2H3. The summed E-state index contributed by atoms with van der Waals surface area (Å²) in [5.41, 5.74) is 0.715. The normalized spacial score (nSPS) is 12.2. The molecule has 1 aromatic rings. The summed E-state index contributed by atoms with van der Waals surface area (Å²) in [4.78, 5) is 0. The number of rotatable bonds is 3. The Bertz CT molecular complexity index is 310. The zero-order chi connectivity index (χ0) is 9.84. The fourth-order valence-corrected chi connectivity index (χ4v) is 1.44. The lowest BCUT2D eigenvalue weighted by Crippen LogP contribution is -1.97. The van der Waals surface area contributed by atoms with Crippen molar-refractivity contribution < 1.29 is 9.84 Å². The number of aliphatic hydroxyl groups excluding tert-OH is 1. The average Bonchev–Trinajstić information content (AvgIpc) is 2.16. The summed E-state index contributed by atoms with van der Waals surface area (Å²) in [6.07, 6.45) is 0.775. The summed E-state index contributed by atoms with van der Waals surface area (Å²) in [5, 5.41) is 9.55. The predicted molar refractivity (Wildman–Crippen MR) is 55.9 cm³/mol. The van der Waals surface area contributed by atoms with E-state index < -0.39 is 6.10 Å². The Kier molecular flexibility index (Phi) is 3.51. The summed E-state index contributed by atoms with van der Waals surface area (Å²) in [6, 6.07) is 5.47. The minimum Gasteiger partial charge on any atom is -0.496 e. The maximum atomic E-state index is 9.55. The van der Waals surface area contributed by atoms with Crippen LogP contribution in [-0.4, -0.2) is 12.2 Å². The van der Waals surface area contributed by atoms with E-state index in [4.69, 9.17) is 4.74 Å². The summed E-state index contributed by atoms with van der Waals surface area (Å²) >= 11 is 3.32. The van der Waals surface area contributed by atoms with Crippen LogP contribution in [0.2, 0.25) is 0 Å². The molecule has 0 radical (unpaired) electrons. The number of benzene rings is 1. The molecule has 1 rings (SSSR count). The van der Waals surface area contributed by atoms with Gasteiger partial charge in [-0.3, -0.25) is 0 Å².